The maximum absolute atomic E-state index is 11.8. The zero-order valence-corrected chi connectivity index (χ0v) is 11.0. The Labute approximate surface area is 108 Å². The molecule has 4 N–H and O–H groups in total. The first-order chi connectivity index (χ1) is 8.54. The van der Waals surface area contributed by atoms with Crippen LogP contribution in [0.25, 0.3) is 0 Å². The quantitative estimate of drug-likeness (QED) is 0.710. The van der Waals surface area contributed by atoms with Gasteiger partial charge in [0.2, 0.25) is 5.91 Å². The highest BCUT2D eigenvalue weighted by Gasteiger charge is 2.17. The van der Waals surface area contributed by atoms with Crippen LogP contribution in [-0.4, -0.2) is 23.7 Å². The van der Waals surface area contributed by atoms with Crippen molar-refractivity contribution in [3.05, 3.63) is 35.9 Å². The molecule has 18 heavy (non-hydrogen) atoms. The van der Waals surface area contributed by atoms with Gasteiger partial charge in [0.25, 0.3) is 0 Å². The van der Waals surface area contributed by atoms with Crippen LogP contribution in [0, 0.1) is 5.92 Å². The predicted octanol–water partition coefficient (Wildman–Crippen LogP) is 1.21. The second-order valence-electron chi connectivity index (χ2n) is 4.82. The van der Waals surface area contributed by atoms with Gasteiger partial charge in [0.1, 0.15) is 0 Å². The summed E-state index contributed by atoms with van der Waals surface area (Å²) in [4.78, 5) is 11.8. The van der Waals surface area contributed by atoms with Crippen molar-refractivity contribution in [1.82, 2.24) is 5.32 Å². The maximum atomic E-state index is 11.8. The van der Waals surface area contributed by atoms with Gasteiger partial charge >= 0.3 is 0 Å². The van der Waals surface area contributed by atoms with Crippen molar-refractivity contribution in [3.63, 3.8) is 0 Å². The summed E-state index contributed by atoms with van der Waals surface area (Å²) in [5.41, 5.74) is 6.91. The highest BCUT2D eigenvalue weighted by atomic mass is 16.3. The van der Waals surface area contributed by atoms with Crippen LogP contribution < -0.4 is 11.1 Å². The number of hydrogen-bond acceptors (Lipinski definition) is 3. The van der Waals surface area contributed by atoms with Crippen molar-refractivity contribution in [2.75, 3.05) is 6.61 Å². The van der Waals surface area contributed by atoms with Gasteiger partial charge in [-0.2, -0.15) is 0 Å². The molecular weight excluding hydrogens is 228 g/mol. The van der Waals surface area contributed by atoms with Crippen LogP contribution in [0.3, 0.4) is 0 Å². The van der Waals surface area contributed by atoms with E-state index in [0.29, 0.717) is 0 Å². The number of amides is 1. The average molecular weight is 250 g/mol. The third kappa shape index (κ3) is 4.47. The van der Waals surface area contributed by atoms with Crippen LogP contribution in [0.4, 0.5) is 0 Å². The van der Waals surface area contributed by atoms with Gasteiger partial charge in [0, 0.05) is 12.5 Å². The summed E-state index contributed by atoms with van der Waals surface area (Å²) in [6, 6.07) is 9.01. The third-order valence-electron chi connectivity index (χ3n) is 2.98. The summed E-state index contributed by atoms with van der Waals surface area (Å²) < 4.78 is 0. The second-order valence-corrected chi connectivity index (χ2v) is 4.82. The molecule has 4 nitrogen and oxygen atoms in total. The summed E-state index contributed by atoms with van der Waals surface area (Å²) in [6.45, 7) is 3.86. The lowest BCUT2D eigenvalue weighted by Gasteiger charge is -2.21. The zero-order valence-electron chi connectivity index (χ0n) is 11.0. The molecule has 1 amide bonds. The average Bonchev–Trinajstić information content (AvgIpc) is 2.36. The Morgan fingerprint density at radius 3 is 2.44 bits per heavy atom. The number of aliphatic hydroxyl groups excluding tert-OH is 1. The van der Waals surface area contributed by atoms with Crippen LogP contribution in [0.5, 0.6) is 0 Å². The predicted molar refractivity (Wildman–Crippen MR) is 71.8 cm³/mol. The Morgan fingerprint density at radius 2 is 1.94 bits per heavy atom. The molecule has 100 valence electrons. The molecule has 1 aromatic carbocycles. The first kappa shape index (κ1) is 14.7. The van der Waals surface area contributed by atoms with Crippen molar-refractivity contribution < 1.29 is 9.90 Å². The van der Waals surface area contributed by atoms with Crippen LogP contribution in [0.1, 0.15) is 31.9 Å². The van der Waals surface area contributed by atoms with Gasteiger partial charge in [-0.3, -0.25) is 4.79 Å². The number of carbonyl (C=O) groups excluding carboxylic acids is 1. The number of hydrogen-bond donors (Lipinski definition) is 3. The monoisotopic (exact) mass is 250 g/mol. The number of rotatable bonds is 6. The van der Waals surface area contributed by atoms with Gasteiger partial charge in [-0.05, 0) is 11.5 Å². The minimum Gasteiger partial charge on any atom is -0.394 e. The third-order valence-corrected chi connectivity index (χ3v) is 2.98. The van der Waals surface area contributed by atoms with Crippen LogP contribution in [0.15, 0.2) is 30.3 Å². The van der Waals surface area contributed by atoms with Crippen LogP contribution >= 0.6 is 0 Å². The van der Waals surface area contributed by atoms with Crippen LogP contribution in [0.2, 0.25) is 0 Å². The number of nitrogens with one attached hydrogen (secondary N) is 1. The molecule has 0 radical (unpaired) electrons. The maximum Gasteiger partial charge on any atom is 0.222 e. The Hall–Kier alpha value is -1.39. The Morgan fingerprint density at radius 1 is 1.33 bits per heavy atom. The van der Waals surface area contributed by atoms with Crippen LogP contribution in [-0.2, 0) is 4.79 Å². The molecule has 0 fully saturated rings. The van der Waals surface area contributed by atoms with Crippen molar-refractivity contribution in [2.45, 2.75) is 32.4 Å². The Balaban J connectivity index is 2.50. The largest absolute Gasteiger partial charge is 0.394 e. The number of aliphatic hydroxyl groups is 1. The highest BCUT2D eigenvalue weighted by molar-refractivity contribution is 5.77. The van der Waals surface area contributed by atoms with E-state index < -0.39 is 0 Å². The van der Waals surface area contributed by atoms with E-state index in [-0.39, 0.29) is 36.9 Å². The van der Waals surface area contributed by atoms with E-state index in [9.17, 15) is 4.79 Å². The summed E-state index contributed by atoms with van der Waals surface area (Å²) in [5.74, 6) is 0.0750. The molecule has 1 aromatic rings. The van der Waals surface area contributed by atoms with Gasteiger partial charge in [0.05, 0.1) is 12.6 Å². The minimum atomic E-state index is -0.308. The smallest absolute Gasteiger partial charge is 0.222 e. The molecule has 0 heterocycles. The van der Waals surface area contributed by atoms with E-state index in [4.69, 9.17) is 10.8 Å². The minimum absolute atomic E-state index is 0.0516. The standard InChI is InChI=1S/C14H22N2O2/c1-10(2)13(9-17)16-14(18)8-12(15)11-6-4-3-5-7-11/h3-7,10,12-13,17H,8-9,15H2,1-2H3,(H,16,18). The normalized spacial score (nSPS) is 14.3. The van der Waals surface area contributed by atoms with E-state index in [2.05, 4.69) is 5.32 Å². The first-order valence-corrected chi connectivity index (χ1v) is 6.25. The van der Waals surface area contributed by atoms with E-state index in [0.717, 1.165) is 5.56 Å². The fourth-order valence-corrected chi connectivity index (χ4v) is 1.71. The Bertz CT molecular complexity index is 365. The first-order valence-electron chi connectivity index (χ1n) is 6.25. The highest BCUT2D eigenvalue weighted by Crippen LogP contribution is 2.13. The fraction of sp³-hybridized carbons (Fsp3) is 0.500. The van der Waals surface area contributed by atoms with Gasteiger partial charge < -0.3 is 16.2 Å². The van der Waals surface area contributed by atoms with Gasteiger partial charge in [0.15, 0.2) is 0 Å². The SMILES string of the molecule is CC(C)C(CO)NC(=O)CC(N)c1ccccc1. The number of benzene rings is 1. The molecule has 4 heteroatoms. The van der Waals surface area contributed by atoms with Gasteiger partial charge in [-0.1, -0.05) is 44.2 Å². The number of carbonyl (C=O) groups is 1. The molecule has 0 saturated heterocycles. The van der Waals surface area contributed by atoms with Gasteiger partial charge in [-0.15, -0.1) is 0 Å². The van der Waals surface area contributed by atoms with E-state index in [1.807, 2.05) is 44.2 Å². The summed E-state index contributed by atoms with van der Waals surface area (Å²) in [5, 5.41) is 11.9. The molecule has 0 aliphatic carbocycles. The molecular formula is C14H22N2O2. The lowest BCUT2D eigenvalue weighted by Crippen LogP contribution is -2.42. The summed E-state index contributed by atoms with van der Waals surface area (Å²) in [7, 11) is 0. The topological polar surface area (TPSA) is 75.3 Å². The molecule has 0 spiro atoms. The van der Waals surface area contributed by atoms with Crippen molar-refractivity contribution in [3.8, 4) is 0 Å². The second kappa shape index (κ2) is 7.13. The molecule has 0 aromatic heterocycles. The zero-order chi connectivity index (χ0) is 13.5. The van der Waals surface area contributed by atoms with Crippen molar-refractivity contribution in [2.24, 2.45) is 11.7 Å². The van der Waals surface area contributed by atoms with E-state index >= 15 is 0 Å². The molecule has 0 aliphatic rings. The molecule has 1 rings (SSSR count). The fourth-order valence-electron chi connectivity index (χ4n) is 1.71. The molecule has 0 aliphatic heterocycles. The molecule has 0 bridgehead atoms. The van der Waals surface area contributed by atoms with Crippen molar-refractivity contribution >= 4 is 5.91 Å². The molecule has 2 atom stereocenters. The van der Waals surface area contributed by atoms with E-state index in [1.165, 1.54) is 0 Å². The van der Waals surface area contributed by atoms with Gasteiger partial charge in [-0.25, -0.2) is 0 Å². The molecule has 0 saturated carbocycles. The molecule has 2 unspecified atom stereocenters. The Kier molecular flexibility index (Phi) is 5.82. The lowest BCUT2D eigenvalue weighted by molar-refractivity contribution is -0.122. The lowest BCUT2D eigenvalue weighted by atomic mass is 10.0. The summed E-state index contributed by atoms with van der Waals surface area (Å²) in [6.07, 6.45) is 0.229. The van der Waals surface area contributed by atoms with Crippen molar-refractivity contribution in [1.29, 1.82) is 0 Å². The summed E-state index contributed by atoms with van der Waals surface area (Å²) >= 11 is 0. The number of nitrogens with two attached hydrogens (primary N) is 1. The van der Waals surface area contributed by atoms with E-state index in [1.54, 1.807) is 0 Å².